The van der Waals surface area contributed by atoms with E-state index < -0.39 is 33.1 Å². The number of esters is 1. The molecule has 1 aliphatic heterocycles. The van der Waals surface area contributed by atoms with Gasteiger partial charge in [-0.15, -0.1) is 0 Å². The van der Waals surface area contributed by atoms with Gasteiger partial charge in [0.05, 0.1) is 5.75 Å². The minimum Gasteiger partial charge on any atom is -0.456 e. The first-order valence-corrected chi connectivity index (χ1v) is 9.40. The molecule has 0 amide bonds. The monoisotopic (exact) mass is 387 g/mol. The second-order valence-electron chi connectivity index (χ2n) is 5.57. The molecule has 9 heteroatoms. The number of hydrogen-bond donors (Lipinski definition) is 0. The summed E-state index contributed by atoms with van der Waals surface area (Å²) in [6, 6.07) is 6.41. The molecule has 0 N–H and O–H groups in total. The Hall–Kier alpha value is -2.06. The van der Waals surface area contributed by atoms with Gasteiger partial charge < -0.3 is 9.47 Å². The van der Waals surface area contributed by atoms with Crippen molar-refractivity contribution in [3.05, 3.63) is 46.5 Å². The van der Waals surface area contributed by atoms with Gasteiger partial charge in [-0.1, -0.05) is 23.7 Å². The molecule has 0 fully saturated rings. The lowest BCUT2D eigenvalue weighted by Crippen LogP contribution is -2.33. The van der Waals surface area contributed by atoms with Crippen LogP contribution in [-0.4, -0.2) is 37.3 Å². The maximum absolute atomic E-state index is 12.9. The van der Waals surface area contributed by atoms with Gasteiger partial charge in [0.15, 0.2) is 5.60 Å². The van der Waals surface area contributed by atoms with Crippen LogP contribution in [0.4, 0.5) is 0 Å². The predicted molar refractivity (Wildman–Crippen MR) is 90.9 cm³/mol. The van der Waals surface area contributed by atoms with Crippen LogP contribution >= 0.6 is 11.6 Å². The normalized spacial score (nSPS) is 20.4. The second-order valence-corrected chi connectivity index (χ2v) is 8.30. The Labute approximate surface area is 151 Å². The molecule has 0 saturated carbocycles. The standard InChI is InChI=1S/C16H18ClNO6S/c1-5-25(21,22)18(4)15-13(23-10(2)19)14(20)16(3,24-15)11-7-6-8-12(17)9-11/h6-9H,5H2,1-4H3. The van der Waals surface area contributed by atoms with E-state index in [-0.39, 0.29) is 11.6 Å². The van der Waals surface area contributed by atoms with Crippen LogP contribution in [0.5, 0.6) is 0 Å². The van der Waals surface area contributed by atoms with E-state index >= 15 is 0 Å². The largest absolute Gasteiger partial charge is 0.456 e. The number of halogens is 1. The van der Waals surface area contributed by atoms with Crippen molar-refractivity contribution in [3.63, 3.8) is 0 Å². The summed E-state index contributed by atoms with van der Waals surface area (Å²) >= 11 is 5.98. The summed E-state index contributed by atoms with van der Waals surface area (Å²) in [7, 11) is -2.50. The molecular formula is C16H18ClNO6S. The minimum absolute atomic E-state index is 0.216. The van der Waals surface area contributed by atoms with E-state index in [1.54, 1.807) is 18.2 Å². The molecule has 7 nitrogen and oxygen atoms in total. The van der Waals surface area contributed by atoms with E-state index in [0.717, 1.165) is 11.2 Å². The Morgan fingerprint density at radius 3 is 2.56 bits per heavy atom. The van der Waals surface area contributed by atoms with E-state index in [1.165, 1.54) is 27.0 Å². The van der Waals surface area contributed by atoms with E-state index in [4.69, 9.17) is 21.1 Å². The van der Waals surface area contributed by atoms with Crippen molar-refractivity contribution in [2.75, 3.05) is 12.8 Å². The van der Waals surface area contributed by atoms with Gasteiger partial charge in [0.2, 0.25) is 15.8 Å². The van der Waals surface area contributed by atoms with Gasteiger partial charge in [-0.3, -0.25) is 9.59 Å². The van der Waals surface area contributed by atoms with Crippen molar-refractivity contribution in [2.45, 2.75) is 26.4 Å². The van der Waals surface area contributed by atoms with Crippen LogP contribution in [0.25, 0.3) is 0 Å². The van der Waals surface area contributed by atoms with Crippen LogP contribution in [0.15, 0.2) is 35.9 Å². The first-order valence-electron chi connectivity index (χ1n) is 7.42. The maximum atomic E-state index is 12.9. The van der Waals surface area contributed by atoms with Crippen molar-refractivity contribution in [1.82, 2.24) is 4.31 Å². The first kappa shape index (κ1) is 19.3. The smallest absolute Gasteiger partial charge is 0.308 e. The number of Topliss-reactive ketones (excluding diaryl/α,β-unsaturated/α-hetero) is 1. The summed E-state index contributed by atoms with van der Waals surface area (Å²) in [5, 5.41) is 0.382. The molecule has 0 saturated heterocycles. The highest BCUT2D eigenvalue weighted by atomic mass is 35.5. The fraction of sp³-hybridized carbons (Fsp3) is 0.375. The number of rotatable bonds is 5. The van der Waals surface area contributed by atoms with Crippen molar-refractivity contribution < 1.29 is 27.5 Å². The van der Waals surface area contributed by atoms with Gasteiger partial charge in [0.1, 0.15) is 0 Å². The summed E-state index contributed by atoms with van der Waals surface area (Å²) < 4.78 is 35.8. The van der Waals surface area contributed by atoms with Crippen LogP contribution in [0.3, 0.4) is 0 Å². The molecule has 0 radical (unpaired) electrons. The topological polar surface area (TPSA) is 90.0 Å². The van der Waals surface area contributed by atoms with E-state index in [9.17, 15) is 18.0 Å². The summed E-state index contributed by atoms with van der Waals surface area (Å²) in [5.41, 5.74) is -1.16. The van der Waals surface area contributed by atoms with E-state index in [0.29, 0.717) is 10.6 Å². The predicted octanol–water partition coefficient (Wildman–Crippen LogP) is 2.17. The SMILES string of the molecule is CCS(=O)(=O)N(C)C1=C(OC(C)=O)C(=O)C(C)(c2cccc(Cl)c2)O1. The molecule has 0 spiro atoms. The highest BCUT2D eigenvalue weighted by molar-refractivity contribution is 7.89. The number of nitrogens with zero attached hydrogens (tertiary/aromatic N) is 1. The number of ketones is 1. The number of hydrogen-bond acceptors (Lipinski definition) is 6. The molecular weight excluding hydrogens is 370 g/mol. The van der Waals surface area contributed by atoms with Crippen molar-refractivity contribution in [1.29, 1.82) is 0 Å². The Balaban J connectivity index is 2.57. The number of ether oxygens (including phenoxy) is 2. The lowest BCUT2D eigenvalue weighted by Gasteiger charge is -2.26. The summed E-state index contributed by atoms with van der Waals surface area (Å²) in [6.07, 6.45) is 0. The molecule has 1 heterocycles. The Kier molecular flexibility index (Phi) is 5.15. The Morgan fingerprint density at radius 2 is 2.04 bits per heavy atom. The number of carbonyl (C=O) groups excluding carboxylic acids is 2. The van der Waals surface area contributed by atoms with Crippen molar-refractivity contribution in [3.8, 4) is 0 Å². The highest BCUT2D eigenvalue weighted by Gasteiger charge is 2.51. The fourth-order valence-electron chi connectivity index (χ4n) is 2.34. The van der Waals surface area contributed by atoms with Gasteiger partial charge in [-0.2, -0.15) is 0 Å². The third kappa shape index (κ3) is 3.50. The zero-order valence-corrected chi connectivity index (χ0v) is 15.8. The van der Waals surface area contributed by atoms with Gasteiger partial charge >= 0.3 is 5.97 Å². The van der Waals surface area contributed by atoms with Gasteiger partial charge in [-0.05, 0) is 26.0 Å². The lowest BCUT2D eigenvalue weighted by molar-refractivity contribution is -0.142. The highest BCUT2D eigenvalue weighted by Crippen LogP contribution is 2.41. The van der Waals surface area contributed by atoms with Crippen LogP contribution in [0, 0.1) is 0 Å². The fourth-order valence-corrected chi connectivity index (χ4v) is 3.29. The molecule has 1 unspecified atom stereocenters. The van der Waals surface area contributed by atoms with Crippen molar-refractivity contribution in [2.24, 2.45) is 0 Å². The zero-order valence-electron chi connectivity index (χ0n) is 14.2. The van der Waals surface area contributed by atoms with Gasteiger partial charge in [0, 0.05) is 24.6 Å². The van der Waals surface area contributed by atoms with Crippen LogP contribution in [0.2, 0.25) is 5.02 Å². The molecule has 25 heavy (non-hydrogen) atoms. The molecule has 136 valence electrons. The number of benzene rings is 1. The number of sulfonamides is 1. The number of carbonyl (C=O) groups is 2. The molecule has 0 bridgehead atoms. The van der Waals surface area contributed by atoms with Gasteiger partial charge in [-0.25, -0.2) is 12.7 Å². The molecule has 2 rings (SSSR count). The average molecular weight is 388 g/mol. The lowest BCUT2D eigenvalue weighted by atomic mass is 9.92. The third-order valence-electron chi connectivity index (χ3n) is 3.82. The van der Waals surface area contributed by atoms with Gasteiger partial charge in [0.25, 0.3) is 11.7 Å². The quantitative estimate of drug-likeness (QED) is 0.719. The molecule has 0 aromatic heterocycles. The summed E-state index contributed by atoms with van der Waals surface area (Å²) in [5.74, 6) is -2.43. The Morgan fingerprint density at radius 1 is 1.40 bits per heavy atom. The molecule has 0 aliphatic carbocycles. The third-order valence-corrected chi connectivity index (χ3v) is 5.79. The van der Waals surface area contributed by atoms with Crippen molar-refractivity contribution >= 4 is 33.4 Å². The zero-order chi connectivity index (χ0) is 19.0. The Bertz CT molecular complexity index is 863. The van der Waals surface area contributed by atoms with Crippen LogP contribution < -0.4 is 0 Å². The van der Waals surface area contributed by atoms with E-state index in [2.05, 4.69) is 0 Å². The molecule has 1 atom stereocenters. The first-order chi connectivity index (χ1) is 11.5. The van der Waals surface area contributed by atoms with E-state index in [1.807, 2.05) is 0 Å². The average Bonchev–Trinajstić information content (AvgIpc) is 2.79. The molecule has 1 aromatic carbocycles. The molecule has 1 aromatic rings. The van der Waals surface area contributed by atoms with Crippen LogP contribution in [-0.2, 0) is 34.7 Å². The maximum Gasteiger partial charge on any atom is 0.308 e. The molecule has 1 aliphatic rings. The van der Waals surface area contributed by atoms with Crippen LogP contribution in [0.1, 0.15) is 26.3 Å². The summed E-state index contributed by atoms with van der Waals surface area (Å²) in [6.45, 7) is 4.02. The minimum atomic E-state index is -3.73. The summed E-state index contributed by atoms with van der Waals surface area (Å²) in [4.78, 5) is 24.3. The second kappa shape index (κ2) is 6.68.